The maximum Gasteiger partial charge on any atom is 1.00 e. The van der Waals surface area contributed by atoms with Crippen molar-refractivity contribution in [1.29, 1.82) is 0 Å². The molecule has 6 heteroatoms. The van der Waals surface area contributed by atoms with Gasteiger partial charge in [-0.2, -0.15) is 0 Å². The van der Waals surface area contributed by atoms with Crippen LogP contribution in [0.5, 0.6) is 0 Å². The first kappa shape index (κ1) is 17.2. The van der Waals surface area contributed by atoms with Crippen LogP contribution in [0, 0.1) is 0 Å². The summed E-state index contributed by atoms with van der Waals surface area (Å²) in [5, 5.41) is 0. The Bertz CT molecular complexity index is 526. The molecule has 0 aromatic heterocycles. The molecular formula is C15H19BF4N+. The Balaban J connectivity index is 0.000000644. The van der Waals surface area contributed by atoms with Crippen molar-refractivity contribution in [3.63, 3.8) is 0 Å². The Hall–Kier alpha value is -1.82. The van der Waals surface area contributed by atoms with Crippen LogP contribution in [0.2, 0.25) is 0 Å². The fraction of sp³-hybridized carbons (Fsp3) is 0.200. The highest BCUT2D eigenvalue weighted by molar-refractivity contribution is 6.50. The standard InChI is InChI=1S/C15H18N.BF4/c1-16(2,15-11-7-4-8-12-15)13-14-9-5-3-6-10-14;2-1(3,4)5/h3-12H,13H2,1-2H3;/q+1;-1/p+1. The van der Waals surface area contributed by atoms with E-state index in [0.29, 0.717) is 0 Å². The topological polar surface area (TPSA) is 0 Å². The molecule has 0 heterocycles. The molecule has 0 N–H and O–H groups in total. The molecule has 0 bridgehead atoms. The first-order chi connectivity index (χ1) is 9.68. The molecule has 0 saturated heterocycles. The monoisotopic (exact) mass is 300 g/mol. The van der Waals surface area contributed by atoms with Gasteiger partial charge in [-0.3, -0.25) is 4.48 Å². The summed E-state index contributed by atoms with van der Waals surface area (Å²) in [7, 11) is -1.52. The Morgan fingerprint density at radius 1 is 0.810 bits per heavy atom. The molecule has 0 radical (unpaired) electrons. The second kappa shape index (κ2) is 7.27. The first-order valence-corrected chi connectivity index (χ1v) is 6.48. The lowest BCUT2D eigenvalue weighted by molar-refractivity contribution is 0.368. The van der Waals surface area contributed by atoms with Crippen LogP contribution in [-0.4, -0.2) is 21.3 Å². The van der Waals surface area contributed by atoms with Crippen LogP contribution in [0.1, 0.15) is 6.99 Å². The van der Waals surface area contributed by atoms with Gasteiger partial charge in [0.25, 0.3) is 0 Å². The van der Waals surface area contributed by atoms with Gasteiger partial charge in [-0.05, 0) is 12.1 Å². The van der Waals surface area contributed by atoms with Gasteiger partial charge in [0.15, 0.2) is 0 Å². The third-order valence-corrected chi connectivity index (χ3v) is 2.88. The molecule has 0 fully saturated rings. The summed E-state index contributed by atoms with van der Waals surface area (Å²) < 4.78 is 39.9. The molecule has 0 aliphatic heterocycles. The number of halogens is 4. The average molecular weight is 300 g/mol. The van der Waals surface area contributed by atoms with Crippen molar-refractivity contribution < 1.29 is 18.7 Å². The summed E-state index contributed by atoms with van der Waals surface area (Å²) in [5.41, 5.74) is 2.71. The van der Waals surface area contributed by atoms with Crippen LogP contribution in [0.25, 0.3) is 0 Å². The second-order valence-corrected chi connectivity index (χ2v) is 5.16. The lowest BCUT2D eigenvalue weighted by Gasteiger charge is -2.29. The molecule has 0 atom stereocenters. The molecule has 0 spiro atoms. The Morgan fingerprint density at radius 3 is 1.62 bits per heavy atom. The van der Waals surface area contributed by atoms with Crippen molar-refractivity contribution in [2.45, 2.75) is 6.54 Å². The van der Waals surface area contributed by atoms with Crippen LogP contribution in [0.3, 0.4) is 0 Å². The van der Waals surface area contributed by atoms with E-state index in [9.17, 15) is 17.3 Å². The minimum absolute atomic E-state index is 0. The van der Waals surface area contributed by atoms with Gasteiger partial charge in [-0.15, -0.1) is 0 Å². The van der Waals surface area contributed by atoms with Crippen LogP contribution >= 0.6 is 0 Å². The van der Waals surface area contributed by atoms with Gasteiger partial charge < -0.3 is 17.3 Å². The zero-order chi connectivity index (χ0) is 15.9. The number of quaternary nitrogens is 1. The third-order valence-electron chi connectivity index (χ3n) is 2.88. The molecule has 0 amide bonds. The summed E-state index contributed by atoms with van der Waals surface area (Å²) in [6, 6.07) is 21.2. The predicted molar refractivity (Wildman–Crippen MR) is 81.5 cm³/mol. The summed E-state index contributed by atoms with van der Waals surface area (Å²) in [4.78, 5) is 0. The van der Waals surface area contributed by atoms with E-state index in [0.717, 1.165) is 11.0 Å². The molecule has 21 heavy (non-hydrogen) atoms. The lowest BCUT2D eigenvalue weighted by atomic mass is 10.2. The predicted octanol–water partition coefficient (Wildman–Crippen LogP) is 4.87. The van der Waals surface area contributed by atoms with E-state index in [1.54, 1.807) is 0 Å². The fourth-order valence-corrected chi connectivity index (χ4v) is 1.96. The summed E-state index contributed by atoms with van der Waals surface area (Å²) >= 11 is 0. The SMILES string of the molecule is C[N+](C)(Cc1ccccc1)c1ccccc1.F[B-](F)(F)F.[H+]. The van der Waals surface area contributed by atoms with Crippen molar-refractivity contribution in [1.82, 2.24) is 4.48 Å². The van der Waals surface area contributed by atoms with E-state index in [4.69, 9.17) is 0 Å². The molecule has 0 aliphatic rings. The van der Waals surface area contributed by atoms with Gasteiger partial charge in [-0.1, -0.05) is 48.5 Å². The Kier molecular flexibility index (Phi) is 5.96. The number of hydrogen-bond acceptors (Lipinski definition) is 0. The maximum atomic E-state index is 9.75. The van der Waals surface area contributed by atoms with Crippen molar-refractivity contribution in [2.24, 2.45) is 0 Å². The van der Waals surface area contributed by atoms with E-state index in [2.05, 4.69) is 74.8 Å². The number of hydrogen-bond donors (Lipinski definition) is 0. The van der Waals surface area contributed by atoms with Gasteiger partial charge >= 0.3 is 8.68 Å². The zero-order valence-corrected chi connectivity index (χ0v) is 12.0. The number of benzene rings is 2. The molecule has 0 aliphatic carbocycles. The van der Waals surface area contributed by atoms with E-state index in [-0.39, 0.29) is 1.43 Å². The van der Waals surface area contributed by atoms with Gasteiger partial charge in [0.05, 0.1) is 14.1 Å². The molecule has 0 saturated carbocycles. The molecule has 1 nitrogen and oxygen atoms in total. The molecule has 2 rings (SSSR count). The summed E-state index contributed by atoms with van der Waals surface area (Å²) in [5.74, 6) is 0. The van der Waals surface area contributed by atoms with Gasteiger partial charge in [-0.25, -0.2) is 0 Å². The van der Waals surface area contributed by atoms with Crippen LogP contribution < -0.4 is 4.48 Å². The van der Waals surface area contributed by atoms with Crippen molar-refractivity contribution in [3.05, 3.63) is 66.2 Å². The highest BCUT2D eigenvalue weighted by atomic mass is 19.5. The normalized spacial score (nSPS) is 11.5. The molecule has 2 aromatic carbocycles. The fourth-order valence-electron chi connectivity index (χ4n) is 1.96. The number of nitrogens with zero attached hydrogens (tertiary/aromatic N) is 1. The van der Waals surface area contributed by atoms with E-state index >= 15 is 0 Å². The Morgan fingerprint density at radius 2 is 1.19 bits per heavy atom. The van der Waals surface area contributed by atoms with Gasteiger partial charge in [0, 0.05) is 5.56 Å². The van der Waals surface area contributed by atoms with Crippen LogP contribution in [0.15, 0.2) is 60.7 Å². The number of rotatable bonds is 3. The van der Waals surface area contributed by atoms with Crippen molar-refractivity contribution in [2.75, 3.05) is 14.1 Å². The lowest BCUT2D eigenvalue weighted by Crippen LogP contribution is -2.39. The zero-order valence-electron chi connectivity index (χ0n) is 13.0. The smallest absolute Gasteiger partial charge is 0.418 e. The highest BCUT2D eigenvalue weighted by Gasteiger charge is 2.20. The van der Waals surface area contributed by atoms with E-state index in [1.807, 2.05) is 0 Å². The van der Waals surface area contributed by atoms with Gasteiger partial charge in [0.1, 0.15) is 12.2 Å². The third kappa shape index (κ3) is 7.51. The van der Waals surface area contributed by atoms with E-state index in [1.165, 1.54) is 11.3 Å². The second-order valence-electron chi connectivity index (χ2n) is 5.16. The quantitative estimate of drug-likeness (QED) is 0.431. The Labute approximate surface area is 124 Å². The van der Waals surface area contributed by atoms with E-state index < -0.39 is 7.25 Å². The van der Waals surface area contributed by atoms with Gasteiger partial charge in [0.2, 0.25) is 0 Å². The first-order valence-electron chi connectivity index (χ1n) is 6.48. The maximum absolute atomic E-state index is 9.75. The average Bonchev–Trinajstić information content (AvgIpc) is 2.38. The molecule has 2 aromatic rings. The molecule has 114 valence electrons. The summed E-state index contributed by atoms with van der Waals surface area (Å²) in [6.45, 7) is 1.02. The van der Waals surface area contributed by atoms with Crippen LogP contribution in [-0.2, 0) is 6.54 Å². The van der Waals surface area contributed by atoms with Crippen molar-refractivity contribution >= 4 is 12.9 Å². The molecular weight excluding hydrogens is 281 g/mol. The minimum atomic E-state index is -6.00. The summed E-state index contributed by atoms with van der Waals surface area (Å²) in [6.07, 6.45) is 0. The molecule has 0 unspecified atom stereocenters. The number of para-hydroxylation sites is 1. The largest absolute Gasteiger partial charge is 1.00 e. The van der Waals surface area contributed by atoms with Crippen molar-refractivity contribution in [3.8, 4) is 0 Å². The van der Waals surface area contributed by atoms with Crippen LogP contribution in [0.4, 0.5) is 23.0 Å². The minimum Gasteiger partial charge on any atom is -0.418 e. The highest BCUT2D eigenvalue weighted by Crippen LogP contribution is 2.21.